The van der Waals surface area contributed by atoms with Crippen molar-refractivity contribution in [3.63, 3.8) is 0 Å². The molecule has 3 aliphatic rings. The van der Waals surface area contributed by atoms with Crippen LogP contribution in [0.4, 0.5) is 5.69 Å². The van der Waals surface area contributed by atoms with Gasteiger partial charge in [-0.3, -0.25) is 10.2 Å². The van der Waals surface area contributed by atoms with Crippen molar-refractivity contribution in [1.82, 2.24) is 4.98 Å². The van der Waals surface area contributed by atoms with Gasteiger partial charge in [0.05, 0.1) is 26.6 Å². The molecule has 0 atom stereocenters. The van der Waals surface area contributed by atoms with Gasteiger partial charge in [0, 0.05) is 30.8 Å². The summed E-state index contributed by atoms with van der Waals surface area (Å²) in [7, 11) is 0. The number of fused-ring (bicyclic) bond motifs is 2. The van der Waals surface area contributed by atoms with Gasteiger partial charge in [0.25, 0.3) is 0 Å². The summed E-state index contributed by atoms with van der Waals surface area (Å²) in [6.45, 7) is 5.85. The third kappa shape index (κ3) is 2.94. The van der Waals surface area contributed by atoms with E-state index in [1.165, 1.54) is 5.69 Å². The maximum Gasteiger partial charge on any atom is 0.180 e. The lowest BCUT2D eigenvalue weighted by atomic mass is 9.95. The highest BCUT2D eigenvalue weighted by atomic mass is 32.1. The first-order valence-corrected chi connectivity index (χ1v) is 9.69. The Kier molecular flexibility index (Phi) is 4.15. The van der Waals surface area contributed by atoms with E-state index in [-0.39, 0.29) is 11.3 Å². The van der Waals surface area contributed by atoms with Crippen LogP contribution in [-0.2, 0) is 0 Å². The number of benzene rings is 2. The Hall–Kier alpha value is -2.47. The molecular weight excluding hydrogens is 344 g/mol. The van der Waals surface area contributed by atoms with Crippen LogP contribution < -0.4 is 16.1 Å². The highest BCUT2D eigenvalue weighted by molar-refractivity contribution is 7.21. The van der Waals surface area contributed by atoms with E-state index < -0.39 is 0 Å². The summed E-state index contributed by atoms with van der Waals surface area (Å²) in [5.41, 5.74) is 10.9. The van der Waals surface area contributed by atoms with Crippen LogP contribution in [0.2, 0.25) is 0 Å². The second kappa shape index (κ2) is 6.36. The van der Waals surface area contributed by atoms with Crippen LogP contribution in [0.15, 0.2) is 29.1 Å². The number of piperidine rings is 1. The first kappa shape index (κ1) is 17.0. The zero-order valence-corrected chi connectivity index (χ0v) is 15.8. The Morgan fingerprint density at radius 2 is 1.92 bits per heavy atom. The topological polar surface area (TPSA) is 83.1 Å². The number of amidine groups is 1. The van der Waals surface area contributed by atoms with Crippen LogP contribution in [0.25, 0.3) is 20.8 Å². The number of nitrogens with one attached hydrogen (secondary N) is 1. The first-order valence-electron chi connectivity index (χ1n) is 8.87. The fourth-order valence-electron chi connectivity index (χ4n) is 3.75. The highest BCUT2D eigenvalue weighted by Crippen LogP contribution is 2.36. The van der Waals surface area contributed by atoms with Crippen LogP contribution in [0.1, 0.15) is 24.0 Å². The molecule has 0 unspecified atom stereocenters. The Morgan fingerprint density at radius 1 is 1.19 bits per heavy atom. The largest absolute Gasteiger partial charge is 0.387 e. The molecule has 0 bridgehead atoms. The second-order valence-corrected chi connectivity index (χ2v) is 8.21. The Bertz CT molecular complexity index is 1030. The zero-order chi connectivity index (χ0) is 18.4. The number of nitrogens with two attached hydrogens (primary N) is 1. The molecular formula is C20H22N4OS. The molecule has 26 heavy (non-hydrogen) atoms. The lowest BCUT2D eigenvalue weighted by molar-refractivity contribution is 0.498. The van der Waals surface area contributed by atoms with Crippen LogP contribution >= 0.6 is 11.3 Å². The predicted molar refractivity (Wildman–Crippen MR) is 109 cm³/mol. The van der Waals surface area contributed by atoms with E-state index in [4.69, 9.17) is 16.1 Å². The van der Waals surface area contributed by atoms with Gasteiger partial charge in [-0.25, -0.2) is 4.98 Å². The van der Waals surface area contributed by atoms with Crippen LogP contribution in [0, 0.1) is 25.2 Å². The highest BCUT2D eigenvalue weighted by Gasteiger charge is 2.22. The molecule has 1 aliphatic carbocycles. The average molecular weight is 366 g/mol. The van der Waals surface area contributed by atoms with Gasteiger partial charge in [-0.2, -0.15) is 0 Å². The van der Waals surface area contributed by atoms with Gasteiger partial charge < -0.3 is 10.6 Å². The minimum Gasteiger partial charge on any atom is -0.387 e. The minimum atomic E-state index is 0.0339. The van der Waals surface area contributed by atoms with E-state index in [1.807, 2.05) is 6.92 Å². The fraction of sp³-hybridized carbons (Fsp3) is 0.350. The number of aromatic nitrogens is 1. The van der Waals surface area contributed by atoms with E-state index in [9.17, 15) is 4.79 Å². The van der Waals surface area contributed by atoms with Gasteiger partial charge in [0.15, 0.2) is 5.43 Å². The van der Waals surface area contributed by atoms with Gasteiger partial charge in [0.1, 0.15) is 0 Å². The molecule has 2 heterocycles. The average Bonchev–Trinajstić information content (AvgIpc) is 2.60. The molecule has 1 fully saturated rings. The molecule has 0 aromatic heterocycles. The smallest absolute Gasteiger partial charge is 0.180 e. The molecule has 4 rings (SSSR count). The maximum absolute atomic E-state index is 11.9. The molecule has 0 amide bonds. The van der Waals surface area contributed by atoms with Crippen LogP contribution in [0.3, 0.4) is 0 Å². The summed E-state index contributed by atoms with van der Waals surface area (Å²) in [6.07, 6.45) is 1.84. The Morgan fingerprint density at radius 3 is 2.62 bits per heavy atom. The standard InChI is InChI=1S/C20H22N4OS/c1-11-7-14(24-5-3-13(4-6-24)20(21)22)9-16-18(11)23-19-12(2)8-15(25)10-17(19)26-16/h7-10,13H,3-6H2,1-2H3,(H3,21,22). The van der Waals surface area contributed by atoms with Crippen molar-refractivity contribution in [1.29, 1.82) is 5.41 Å². The molecule has 1 aromatic carbocycles. The van der Waals surface area contributed by atoms with Gasteiger partial charge >= 0.3 is 0 Å². The van der Waals surface area contributed by atoms with Crippen molar-refractivity contribution >= 4 is 33.1 Å². The zero-order valence-electron chi connectivity index (χ0n) is 15.0. The van der Waals surface area contributed by atoms with Crippen molar-refractivity contribution in [2.45, 2.75) is 26.7 Å². The summed E-state index contributed by atoms with van der Waals surface area (Å²) >= 11 is 1.63. The number of hydrogen-bond acceptors (Lipinski definition) is 5. The molecule has 0 radical (unpaired) electrons. The lowest BCUT2D eigenvalue weighted by Gasteiger charge is -2.33. The first-order chi connectivity index (χ1) is 12.4. The third-order valence-corrected chi connectivity index (χ3v) is 6.29. The van der Waals surface area contributed by atoms with Gasteiger partial charge in [-0.1, -0.05) is 0 Å². The molecule has 134 valence electrons. The second-order valence-electron chi connectivity index (χ2n) is 7.13. The van der Waals surface area contributed by atoms with Crippen LogP contribution in [-0.4, -0.2) is 23.9 Å². The van der Waals surface area contributed by atoms with E-state index in [0.29, 0.717) is 5.84 Å². The van der Waals surface area contributed by atoms with Crippen molar-refractivity contribution in [2.75, 3.05) is 18.0 Å². The number of nitrogens with zero attached hydrogens (tertiary/aromatic N) is 2. The summed E-state index contributed by atoms with van der Waals surface area (Å²) in [5.74, 6) is 0.515. The third-order valence-electron chi connectivity index (χ3n) is 5.23. The maximum atomic E-state index is 11.9. The van der Waals surface area contributed by atoms with E-state index in [1.54, 1.807) is 23.5 Å². The van der Waals surface area contributed by atoms with E-state index in [2.05, 4.69) is 24.0 Å². The summed E-state index contributed by atoms with van der Waals surface area (Å²) < 4.78 is 1.10. The Labute approximate surface area is 156 Å². The quantitative estimate of drug-likeness (QED) is 0.413. The summed E-state index contributed by atoms with van der Waals surface area (Å²) in [4.78, 5) is 20.0. The van der Waals surface area contributed by atoms with Crippen molar-refractivity contribution in [3.05, 3.63) is 45.6 Å². The molecule has 3 N–H and O–H groups in total. The van der Waals surface area contributed by atoms with Crippen molar-refractivity contribution < 1.29 is 0 Å². The minimum absolute atomic E-state index is 0.0339. The van der Waals surface area contributed by atoms with Gasteiger partial charge in [-0.15, -0.1) is 11.3 Å². The normalized spacial score (nSPS) is 15.7. The number of aryl methyl sites for hydroxylation is 2. The van der Waals surface area contributed by atoms with Gasteiger partial charge in [0.2, 0.25) is 0 Å². The van der Waals surface area contributed by atoms with Gasteiger partial charge in [-0.05, 0) is 56.0 Å². The summed E-state index contributed by atoms with van der Waals surface area (Å²) in [6, 6.07) is 7.70. The van der Waals surface area contributed by atoms with Crippen molar-refractivity contribution in [3.8, 4) is 10.6 Å². The fourth-order valence-corrected chi connectivity index (χ4v) is 4.95. The molecule has 6 heteroatoms. The predicted octanol–water partition coefficient (Wildman–Crippen LogP) is 3.53. The number of anilines is 1. The Balaban J connectivity index is 1.77. The molecule has 0 saturated carbocycles. The molecule has 1 saturated heterocycles. The monoisotopic (exact) mass is 366 g/mol. The van der Waals surface area contributed by atoms with E-state index >= 15 is 0 Å². The number of hydrogen-bond donors (Lipinski definition) is 2. The SMILES string of the molecule is Cc1cc(=O)cc2sc3cc(N4CCC(C(=N)N)CC4)cc(C)c3nc1-2. The molecule has 0 spiro atoms. The van der Waals surface area contributed by atoms with E-state index in [0.717, 1.165) is 57.8 Å². The molecule has 5 nitrogen and oxygen atoms in total. The summed E-state index contributed by atoms with van der Waals surface area (Å²) in [5, 5.41) is 7.64. The van der Waals surface area contributed by atoms with Crippen LogP contribution in [0.5, 0.6) is 0 Å². The number of rotatable bonds is 2. The van der Waals surface area contributed by atoms with Crippen molar-refractivity contribution in [2.24, 2.45) is 11.7 Å². The lowest BCUT2D eigenvalue weighted by Crippen LogP contribution is -2.38. The molecule has 1 aromatic rings. The molecule has 2 aliphatic heterocycles.